The minimum Gasteiger partial charge on any atom is -0.508 e. The molecule has 1 aliphatic heterocycles. The number of hydrogen-bond donors (Lipinski definition) is 2. The third kappa shape index (κ3) is 5.83. The second kappa shape index (κ2) is 11.5. The molecule has 0 spiro atoms. The molecule has 3 aliphatic rings. The zero-order chi connectivity index (χ0) is 25.7. The van der Waals surface area contributed by atoms with Crippen molar-refractivity contribution in [3.05, 3.63) is 83.4 Å². The van der Waals surface area contributed by atoms with E-state index in [1.807, 2.05) is 18.2 Å². The third-order valence-electron chi connectivity index (χ3n) is 7.94. The summed E-state index contributed by atoms with van der Waals surface area (Å²) in [7, 11) is 0. The maximum Gasteiger partial charge on any atom is 0.231 e. The van der Waals surface area contributed by atoms with E-state index in [-0.39, 0.29) is 12.5 Å². The highest BCUT2D eigenvalue weighted by Gasteiger charge is 2.31. The van der Waals surface area contributed by atoms with E-state index < -0.39 is 0 Å². The molecule has 5 nitrogen and oxygen atoms in total. The van der Waals surface area contributed by atoms with Crippen LogP contribution in [0.5, 0.6) is 23.0 Å². The number of phenolic OH excluding ortho intramolecular Hbond substituents is 1. The van der Waals surface area contributed by atoms with Gasteiger partial charge in [-0.15, -0.1) is 0 Å². The number of rotatable bonds is 10. The molecule has 0 radical (unpaired) electrons. The average Bonchev–Trinajstić information content (AvgIpc) is 3.68. The molecule has 0 aromatic heterocycles. The van der Waals surface area contributed by atoms with Gasteiger partial charge in [-0.2, -0.15) is 0 Å². The maximum atomic E-state index is 9.95. The first kappa shape index (κ1) is 24.9. The van der Waals surface area contributed by atoms with Crippen LogP contribution in [-0.4, -0.2) is 31.6 Å². The van der Waals surface area contributed by atoms with E-state index in [0.29, 0.717) is 12.5 Å². The van der Waals surface area contributed by atoms with Crippen LogP contribution in [0.3, 0.4) is 0 Å². The van der Waals surface area contributed by atoms with Gasteiger partial charge in [-0.05, 0) is 108 Å². The zero-order valence-corrected chi connectivity index (χ0v) is 22.0. The van der Waals surface area contributed by atoms with Crippen molar-refractivity contribution in [3.63, 3.8) is 0 Å². The molecule has 0 amide bonds. The normalized spacial score (nSPS) is 17.8. The summed E-state index contributed by atoms with van der Waals surface area (Å²) in [5, 5.41) is 13.5. The molecule has 5 heteroatoms. The highest BCUT2D eigenvalue weighted by molar-refractivity contribution is 6.00. The summed E-state index contributed by atoms with van der Waals surface area (Å²) in [6.45, 7) is 2.90. The number of hydrogen-bond acceptors (Lipinski definition) is 5. The van der Waals surface area contributed by atoms with E-state index >= 15 is 0 Å². The molecular formula is C33H37NO4. The minimum atomic E-state index is 0.268. The Labute approximate surface area is 225 Å². The van der Waals surface area contributed by atoms with Gasteiger partial charge >= 0.3 is 0 Å². The van der Waals surface area contributed by atoms with Gasteiger partial charge in [0.25, 0.3) is 0 Å². The molecule has 2 N–H and O–H groups in total. The molecule has 38 heavy (non-hydrogen) atoms. The van der Waals surface area contributed by atoms with E-state index in [2.05, 4.69) is 41.7 Å². The third-order valence-corrected chi connectivity index (χ3v) is 7.94. The first-order chi connectivity index (χ1) is 18.7. The number of aromatic hydroxyl groups is 1. The second-order valence-electron chi connectivity index (χ2n) is 10.8. The van der Waals surface area contributed by atoms with Gasteiger partial charge in [0.15, 0.2) is 11.5 Å². The van der Waals surface area contributed by atoms with Gasteiger partial charge < -0.3 is 24.6 Å². The highest BCUT2D eigenvalue weighted by Crippen LogP contribution is 2.49. The topological polar surface area (TPSA) is 60.0 Å². The predicted octanol–water partition coefficient (Wildman–Crippen LogP) is 7.04. The maximum absolute atomic E-state index is 9.95. The molecule has 0 saturated heterocycles. The van der Waals surface area contributed by atoms with Gasteiger partial charge in [0.05, 0.1) is 0 Å². The van der Waals surface area contributed by atoms with Crippen LogP contribution in [0.2, 0.25) is 0 Å². The van der Waals surface area contributed by atoms with Gasteiger partial charge in [-0.1, -0.05) is 49.6 Å². The average molecular weight is 512 g/mol. The molecule has 198 valence electrons. The van der Waals surface area contributed by atoms with Crippen LogP contribution in [-0.2, 0) is 0 Å². The fourth-order valence-electron chi connectivity index (χ4n) is 5.78. The van der Waals surface area contributed by atoms with E-state index in [1.54, 1.807) is 12.1 Å². The van der Waals surface area contributed by atoms with Crippen LogP contribution in [0.1, 0.15) is 61.6 Å². The Hall–Kier alpha value is -3.44. The molecule has 1 heterocycles. The van der Waals surface area contributed by atoms with Gasteiger partial charge in [-0.3, -0.25) is 0 Å². The predicted molar refractivity (Wildman–Crippen MR) is 151 cm³/mol. The van der Waals surface area contributed by atoms with Crippen molar-refractivity contribution >= 4 is 11.1 Å². The summed E-state index contributed by atoms with van der Waals surface area (Å²) in [5.41, 5.74) is 5.88. The van der Waals surface area contributed by atoms with Crippen LogP contribution in [0.15, 0.2) is 66.7 Å². The molecule has 0 unspecified atom stereocenters. The fraction of sp³-hybridized carbons (Fsp3) is 0.394. The molecule has 6 rings (SSSR count). The Balaban J connectivity index is 1.22. The number of nitrogens with one attached hydrogen (secondary N) is 1. The Morgan fingerprint density at radius 1 is 0.789 bits per heavy atom. The zero-order valence-electron chi connectivity index (χ0n) is 22.0. The number of phenols is 1. The van der Waals surface area contributed by atoms with Crippen LogP contribution < -0.4 is 19.5 Å². The molecular weight excluding hydrogens is 474 g/mol. The van der Waals surface area contributed by atoms with E-state index in [0.717, 1.165) is 52.9 Å². The second-order valence-corrected chi connectivity index (χ2v) is 10.8. The smallest absolute Gasteiger partial charge is 0.231 e. The van der Waals surface area contributed by atoms with Crippen molar-refractivity contribution < 1.29 is 19.3 Å². The first-order valence-electron chi connectivity index (χ1n) is 14.1. The number of ether oxygens (including phenoxy) is 3. The Morgan fingerprint density at radius 3 is 2.21 bits per heavy atom. The quantitative estimate of drug-likeness (QED) is 0.226. The van der Waals surface area contributed by atoms with Gasteiger partial charge in [-0.25, -0.2) is 0 Å². The summed E-state index contributed by atoms with van der Waals surface area (Å²) in [4.78, 5) is 0. The number of benzene rings is 3. The lowest BCUT2D eigenvalue weighted by Gasteiger charge is -2.21. The standard InChI is InChI=1S/C33H37NO4/c35-28-13-8-25(9-14-28)32(33(24-6-7-24)27-12-17-30-31(20-27)38-22-37-30)26-10-15-29(16-11-26)36-19-18-34-21-23-4-2-1-3-5-23/h8-17,20,23-24,34-35H,1-7,18-19,21-22H2/b33-32+. The summed E-state index contributed by atoms with van der Waals surface area (Å²) in [6, 6.07) is 22.2. The summed E-state index contributed by atoms with van der Waals surface area (Å²) >= 11 is 0. The van der Waals surface area contributed by atoms with Crippen LogP contribution in [0, 0.1) is 11.8 Å². The Kier molecular flexibility index (Phi) is 7.54. The monoisotopic (exact) mass is 511 g/mol. The number of allylic oxidation sites excluding steroid dienone is 1. The minimum absolute atomic E-state index is 0.268. The van der Waals surface area contributed by atoms with Crippen molar-refractivity contribution in [3.8, 4) is 23.0 Å². The lowest BCUT2D eigenvalue weighted by molar-refractivity contribution is 0.174. The SMILES string of the molecule is Oc1ccc(/C(=C(\c2ccc3c(c2)OCO3)C2CC2)c2ccc(OCCNCC3CCCCC3)cc2)cc1. The summed E-state index contributed by atoms with van der Waals surface area (Å²) < 4.78 is 17.3. The molecule has 3 aromatic carbocycles. The van der Waals surface area contributed by atoms with Crippen molar-refractivity contribution in [1.29, 1.82) is 0 Å². The largest absolute Gasteiger partial charge is 0.508 e. The van der Waals surface area contributed by atoms with Crippen molar-refractivity contribution in [2.45, 2.75) is 44.9 Å². The molecule has 2 aliphatic carbocycles. The van der Waals surface area contributed by atoms with E-state index in [9.17, 15) is 5.11 Å². The van der Waals surface area contributed by atoms with Crippen molar-refractivity contribution in [2.75, 3.05) is 26.5 Å². The Bertz CT molecular complexity index is 1260. The van der Waals surface area contributed by atoms with E-state index in [4.69, 9.17) is 14.2 Å². The molecule has 0 bridgehead atoms. The lowest BCUT2D eigenvalue weighted by Crippen LogP contribution is -2.28. The van der Waals surface area contributed by atoms with Gasteiger partial charge in [0, 0.05) is 6.54 Å². The summed E-state index contributed by atoms with van der Waals surface area (Å²) in [6.07, 6.45) is 9.22. The molecule has 2 saturated carbocycles. The highest BCUT2D eigenvalue weighted by atomic mass is 16.7. The van der Waals surface area contributed by atoms with Crippen molar-refractivity contribution in [2.24, 2.45) is 11.8 Å². The summed E-state index contributed by atoms with van der Waals surface area (Å²) in [5.74, 6) is 4.07. The van der Waals surface area contributed by atoms with Crippen molar-refractivity contribution in [1.82, 2.24) is 5.32 Å². The number of fused-ring (bicyclic) bond motifs is 1. The first-order valence-corrected chi connectivity index (χ1v) is 14.1. The van der Waals surface area contributed by atoms with Crippen LogP contribution in [0.4, 0.5) is 0 Å². The Morgan fingerprint density at radius 2 is 1.47 bits per heavy atom. The van der Waals surface area contributed by atoms with Crippen LogP contribution >= 0.6 is 0 Å². The lowest BCUT2D eigenvalue weighted by atomic mass is 9.87. The fourth-order valence-corrected chi connectivity index (χ4v) is 5.78. The van der Waals surface area contributed by atoms with Crippen LogP contribution in [0.25, 0.3) is 11.1 Å². The molecule has 2 fully saturated rings. The van der Waals surface area contributed by atoms with Gasteiger partial charge in [0.2, 0.25) is 6.79 Å². The van der Waals surface area contributed by atoms with E-state index in [1.165, 1.54) is 56.1 Å². The molecule has 0 atom stereocenters. The van der Waals surface area contributed by atoms with Gasteiger partial charge in [0.1, 0.15) is 18.1 Å². The molecule has 3 aromatic rings.